The van der Waals surface area contributed by atoms with Crippen LogP contribution in [0.25, 0.3) is 0 Å². The van der Waals surface area contributed by atoms with Crippen LogP contribution in [0.1, 0.15) is 70.8 Å². The molecule has 0 bridgehead atoms. The summed E-state index contributed by atoms with van der Waals surface area (Å²) in [5.74, 6) is 0.742. The van der Waals surface area contributed by atoms with Crippen LogP contribution in [0, 0.1) is 5.92 Å². The predicted octanol–water partition coefficient (Wildman–Crippen LogP) is 6.87. The molecule has 0 heterocycles. The van der Waals surface area contributed by atoms with E-state index >= 15 is 0 Å². The molecule has 120 valence electrons. The van der Waals surface area contributed by atoms with Gasteiger partial charge in [-0.3, -0.25) is 0 Å². The molecule has 22 heavy (non-hydrogen) atoms. The fraction of sp³-hybridized carbons (Fsp3) is 0.545. The van der Waals surface area contributed by atoms with Crippen LogP contribution in [-0.4, -0.2) is 0 Å². The van der Waals surface area contributed by atoms with Crippen molar-refractivity contribution in [3.05, 3.63) is 59.2 Å². The van der Waals surface area contributed by atoms with Crippen LogP contribution in [0.15, 0.2) is 53.6 Å². The van der Waals surface area contributed by atoms with Crippen LogP contribution in [0.5, 0.6) is 0 Å². The Morgan fingerprint density at radius 2 is 1.41 bits per heavy atom. The monoisotopic (exact) mass is 296 g/mol. The van der Waals surface area contributed by atoms with Gasteiger partial charge >= 0.3 is 0 Å². The minimum absolute atomic E-state index is 0.742. The third-order valence-corrected chi connectivity index (χ3v) is 5.08. The Bertz CT molecular complexity index is 478. The Kier molecular flexibility index (Phi) is 7.49. The standard InChI is InChI=1S/C22H32/c1-19-17-18-22(20(19)2)16-12-7-5-3-4-6-9-13-21-14-10-8-11-15-21/h8,10-11,14-15,17-18,22H,3-7,9,12-13,16H2,1-2H3. The first-order valence-electron chi connectivity index (χ1n) is 9.17. The molecular weight excluding hydrogens is 264 g/mol. The lowest BCUT2D eigenvalue weighted by molar-refractivity contribution is 0.544. The molecule has 0 radical (unpaired) electrons. The molecule has 0 saturated carbocycles. The molecule has 1 aliphatic carbocycles. The summed E-state index contributed by atoms with van der Waals surface area (Å²) in [6, 6.07) is 10.9. The Labute approximate surface area is 137 Å². The van der Waals surface area contributed by atoms with Gasteiger partial charge in [0.2, 0.25) is 0 Å². The molecule has 0 aliphatic heterocycles. The normalized spacial score (nSPS) is 17.5. The van der Waals surface area contributed by atoms with E-state index in [1.807, 2.05) is 0 Å². The minimum Gasteiger partial charge on any atom is -0.0771 e. The molecule has 1 aliphatic rings. The van der Waals surface area contributed by atoms with Crippen molar-refractivity contribution in [1.82, 2.24) is 0 Å². The summed E-state index contributed by atoms with van der Waals surface area (Å²) < 4.78 is 0. The fourth-order valence-corrected chi connectivity index (χ4v) is 3.36. The minimum atomic E-state index is 0.742. The van der Waals surface area contributed by atoms with Crippen molar-refractivity contribution in [1.29, 1.82) is 0 Å². The van der Waals surface area contributed by atoms with Crippen molar-refractivity contribution < 1.29 is 0 Å². The number of unbranched alkanes of at least 4 members (excludes halogenated alkanes) is 6. The Balaban J connectivity index is 1.41. The number of allylic oxidation sites excluding steroid dienone is 4. The van der Waals surface area contributed by atoms with E-state index in [0.29, 0.717) is 0 Å². The van der Waals surface area contributed by atoms with Gasteiger partial charge in [0.1, 0.15) is 0 Å². The third-order valence-electron chi connectivity index (χ3n) is 5.08. The first-order chi connectivity index (χ1) is 10.8. The van der Waals surface area contributed by atoms with Gasteiger partial charge in [-0.2, -0.15) is 0 Å². The first-order valence-corrected chi connectivity index (χ1v) is 9.17. The number of hydrogen-bond acceptors (Lipinski definition) is 0. The maximum absolute atomic E-state index is 2.40. The van der Waals surface area contributed by atoms with Crippen LogP contribution in [0.2, 0.25) is 0 Å². The molecule has 0 fully saturated rings. The molecule has 0 amide bonds. The van der Waals surface area contributed by atoms with Crippen molar-refractivity contribution in [3.8, 4) is 0 Å². The summed E-state index contributed by atoms with van der Waals surface area (Å²) in [6.45, 7) is 4.54. The molecule has 0 saturated heterocycles. The summed E-state index contributed by atoms with van der Waals surface area (Å²) in [6.07, 6.45) is 17.1. The highest BCUT2D eigenvalue weighted by atomic mass is 14.2. The summed E-state index contributed by atoms with van der Waals surface area (Å²) in [4.78, 5) is 0. The first kappa shape index (κ1) is 17.1. The zero-order valence-corrected chi connectivity index (χ0v) is 14.5. The van der Waals surface area contributed by atoms with Crippen LogP contribution in [0.3, 0.4) is 0 Å². The maximum Gasteiger partial charge on any atom is -0.00171 e. The van der Waals surface area contributed by atoms with E-state index in [2.05, 4.69) is 56.3 Å². The molecule has 1 aromatic rings. The van der Waals surface area contributed by atoms with E-state index in [0.717, 1.165) is 5.92 Å². The zero-order valence-electron chi connectivity index (χ0n) is 14.5. The van der Waals surface area contributed by atoms with Gasteiger partial charge in [0.25, 0.3) is 0 Å². The van der Waals surface area contributed by atoms with Gasteiger partial charge in [0, 0.05) is 0 Å². The van der Waals surface area contributed by atoms with Gasteiger partial charge in [-0.1, -0.05) is 92.2 Å². The number of benzene rings is 1. The maximum atomic E-state index is 2.40. The average Bonchev–Trinajstić information content (AvgIpc) is 2.86. The number of rotatable bonds is 10. The molecular formula is C22H32. The molecule has 2 rings (SSSR count). The van der Waals surface area contributed by atoms with E-state index in [1.165, 1.54) is 68.9 Å². The number of hydrogen-bond donors (Lipinski definition) is 0. The second kappa shape index (κ2) is 9.66. The summed E-state index contributed by atoms with van der Waals surface area (Å²) in [5, 5.41) is 0. The van der Waals surface area contributed by atoms with Crippen molar-refractivity contribution >= 4 is 0 Å². The summed E-state index contributed by atoms with van der Waals surface area (Å²) >= 11 is 0. The van der Waals surface area contributed by atoms with Crippen LogP contribution >= 0.6 is 0 Å². The van der Waals surface area contributed by atoms with Crippen LogP contribution in [0.4, 0.5) is 0 Å². The second-order valence-corrected chi connectivity index (χ2v) is 6.83. The SMILES string of the molecule is CC1=C(C)C(CCCCCCCCCc2ccccc2)C=C1. The topological polar surface area (TPSA) is 0 Å². The highest BCUT2D eigenvalue weighted by molar-refractivity contribution is 5.33. The highest BCUT2D eigenvalue weighted by Crippen LogP contribution is 2.28. The molecule has 0 nitrogen and oxygen atoms in total. The zero-order chi connectivity index (χ0) is 15.6. The smallest absolute Gasteiger partial charge is 0.00171 e. The van der Waals surface area contributed by atoms with Crippen molar-refractivity contribution in [3.63, 3.8) is 0 Å². The Morgan fingerprint density at radius 1 is 0.773 bits per heavy atom. The van der Waals surface area contributed by atoms with E-state index in [-0.39, 0.29) is 0 Å². The molecule has 1 unspecified atom stereocenters. The molecule has 0 spiro atoms. The third kappa shape index (κ3) is 5.83. The van der Waals surface area contributed by atoms with E-state index < -0.39 is 0 Å². The quantitative estimate of drug-likeness (QED) is 0.413. The highest BCUT2D eigenvalue weighted by Gasteiger charge is 2.13. The second-order valence-electron chi connectivity index (χ2n) is 6.83. The van der Waals surface area contributed by atoms with Gasteiger partial charge in [-0.15, -0.1) is 0 Å². The average molecular weight is 296 g/mol. The van der Waals surface area contributed by atoms with Gasteiger partial charge in [-0.25, -0.2) is 0 Å². The van der Waals surface area contributed by atoms with Gasteiger partial charge < -0.3 is 0 Å². The van der Waals surface area contributed by atoms with E-state index in [9.17, 15) is 0 Å². The lowest BCUT2D eigenvalue weighted by atomic mass is 9.95. The lowest BCUT2D eigenvalue weighted by Gasteiger charge is -2.10. The van der Waals surface area contributed by atoms with Crippen molar-refractivity contribution in [2.24, 2.45) is 5.92 Å². The Morgan fingerprint density at radius 3 is 2.05 bits per heavy atom. The largest absolute Gasteiger partial charge is 0.0771 e. The summed E-state index contributed by atoms with van der Waals surface area (Å²) in [7, 11) is 0. The van der Waals surface area contributed by atoms with E-state index in [1.54, 1.807) is 5.57 Å². The summed E-state index contributed by atoms with van der Waals surface area (Å²) in [5.41, 5.74) is 4.58. The molecule has 1 aromatic carbocycles. The van der Waals surface area contributed by atoms with Gasteiger partial charge in [0.05, 0.1) is 0 Å². The van der Waals surface area contributed by atoms with Crippen LogP contribution < -0.4 is 0 Å². The molecule has 1 atom stereocenters. The molecule has 0 N–H and O–H groups in total. The van der Waals surface area contributed by atoms with Crippen molar-refractivity contribution in [2.45, 2.75) is 71.6 Å². The fourth-order valence-electron chi connectivity index (χ4n) is 3.36. The lowest BCUT2D eigenvalue weighted by Crippen LogP contribution is -1.96. The predicted molar refractivity (Wildman–Crippen MR) is 98.1 cm³/mol. The molecule has 0 heteroatoms. The number of aryl methyl sites for hydroxylation is 1. The van der Waals surface area contributed by atoms with Crippen LogP contribution in [-0.2, 0) is 6.42 Å². The van der Waals surface area contributed by atoms with Gasteiger partial charge in [0.15, 0.2) is 0 Å². The van der Waals surface area contributed by atoms with E-state index in [4.69, 9.17) is 0 Å². The molecule has 0 aromatic heterocycles. The van der Waals surface area contributed by atoms with Gasteiger partial charge in [-0.05, 0) is 44.6 Å². The van der Waals surface area contributed by atoms with Crippen molar-refractivity contribution in [2.75, 3.05) is 0 Å². The Hall–Kier alpha value is -1.30.